The molecule has 1 unspecified atom stereocenters. The zero-order valence-corrected chi connectivity index (χ0v) is 21.2. The first-order valence-corrected chi connectivity index (χ1v) is 12.5. The average molecular weight is 555 g/mol. The fourth-order valence-corrected chi connectivity index (χ4v) is 5.18. The van der Waals surface area contributed by atoms with Crippen LogP contribution in [0.15, 0.2) is 48.5 Å². The van der Waals surface area contributed by atoms with Crippen LogP contribution in [-0.4, -0.2) is 41.7 Å². The summed E-state index contributed by atoms with van der Waals surface area (Å²) in [5.41, 5.74) is 1.28. The van der Waals surface area contributed by atoms with Gasteiger partial charge < -0.3 is 14.2 Å². The van der Waals surface area contributed by atoms with Crippen molar-refractivity contribution in [1.29, 1.82) is 0 Å². The third-order valence-electron chi connectivity index (χ3n) is 5.48. The second-order valence-electron chi connectivity index (χ2n) is 7.99. The lowest BCUT2D eigenvalue weighted by molar-refractivity contribution is -0.145. The Morgan fingerprint density at radius 2 is 1.92 bits per heavy atom. The summed E-state index contributed by atoms with van der Waals surface area (Å²) in [6.45, 7) is 1.40. The molecule has 2 heterocycles. The largest absolute Gasteiger partial charge is 0.482 e. The minimum absolute atomic E-state index is 0.0198. The summed E-state index contributed by atoms with van der Waals surface area (Å²) in [7, 11) is 0. The molecule has 0 radical (unpaired) electrons. The van der Waals surface area contributed by atoms with Gasteiger partial charge >= 0.3 is 18.2 Å². The van der Waals surface area contributed by atoms with Crippen molar-refractivity contribution < 1.29 is 37.0 Å². The van der Waals surface area contributed by atoms with E-state index in [1.54, 1.807) is 31.2 Å². The number of fused-ring (bicyclic) bond motifs is 1. The monoisotopic (exact) mass is 554 g/mol. The summed E-state index contributed by atoms with van der Waals surface area (Å²) >= 11 is 6.70. The number of hydrogen-bond donors (Lipinski definition) is 0. The van der Waals surface area contributed by atoms with Crippen LogP contribution in [0.2, 0.25) is 5.02 Å². The van der Waals surface area contributed by atoms with Crippen molar-refractivity contribution in [3.8, 4) is 5.75 Å². The zero-order valence-electron chi connectivity index (χ0n) is 19.6. The van der Waals surface area contributed by atoms with Gasteiger partial charge in [0.1, 0.15) is 18.4 Å². The van der Waals surface area contributed by atoms with Gasteiger partial charge in [-0.2, -0.15) is 13.2 Å². The highest BCUT2D eigenvalue weighted by Crippen LogP contribution is 2.45. The number of aromatic nitrogens is 1. The Bertz CT molecular complexity index is 1270. The molecular weight excluding hydrogens is 533 g/mol. The molecule has 0 saturated heterocycles. The number of rotatable bonds is 7. The number of alkyl halides is 3. The number of amides is 1. The van der Waals surface area contributed by atoms with E-state index >= 15 is 0 Å². The number of halogens is 4. The molecule has 0 saturated carbocycles. The highest BCUT2D eigenvalue weighted by Gasteiger charge is 2.42. The summed E-state index contributed by atoms with van der Waals surface area (Å²) in [5, 5.41) is -0.748. The van der Waals surface area contributed by atoms with E-state index in [4.69, 9.17) is 25.8 Å². The first kappa shape index (κ1) is 26.7. The smallest absolute Gasteiger partial charge is 0.443 e. The third-order valence-corrected chi connectivity index (χ3v) is 6.91. The van der Waals surface area contributed by atoms with Crippen LogP contribution in [0.5, 0.6) is 5.75 Å². The lowest BCUT2D eigenvalue weighted by atomic mass is 9.97. The molecule has 3 aromatic rings. The van der Waals surface area contributed by atoms with E-state index in [2.05, 4.69) is 4.98 Å². The third kappa shape index (κ3) is 6.34. The fraction of sp³-hybridized carbons (Fsp3) is 0.320. The van der Waals surface area contributed by atoms with Crippen molar-refractivity contribution in [3.05, 3.63) is 80.3 Å². The Kier molecular flexibility index (Phi) is 8.23. The first-order valence-electron chi connectivity index (χ1n) is 11.3. The molecule has 1 amide bonds. The van der Waals surface area contributed by atoms with E-state index in [1.807, 2.05) is 6.07 Å². The molecule has 37 heavy (non-hydrogen) atoms. The van der Waals surface area contributed by atoms with Gasteiger partial charge in [0.05, 0.1) is 17.2 Å². The lowest BCUT2D eigenvalue weighted by Crippen LogP contribution is -2.40. The number of ether oxygens (including phenoxy) is 3. The number of nitrogens with zero attached hydrogens (tertiary/aromatic N) is 2. The summed E-state index contributed by atoms with van der Waals surface area (Å²) in [4.78, 5) is 30.5. The predicted octanol–water partition coefficient (Wildman–Crippen LogP) is 6.04. The number of thiazole rings is 1. The van der Waals surface area contributed by atoms with Crippen molar-refractivity contribution in [3.63, 3.8) is 0 Å². The molecule has 7 nitrogen and oxygen atoms in total. The Balaban J connectivity index is 1.72. The second kappa shape index (κ2) is 11.4. The minimum Gasteiger partial charge on any atom is -0.482 e. The molecule has 0 bridgehead atoms. The summed E-state index contributed by atoms with van der Waals surface area (Å²) in [5.74, 6) is -0.456. The van der Waals surface area contributed by atoms with Gasteiger partial charge in [0.15, 0.2) is 11.6 Å². The van der Waals surface area contributed by atoms with Crippen LogP contribution in [0.3, 0.4) is 0 Å². The molecular formula is C25H22ClF3N2O5S. The Morgan fingerprint density at radius 1 is 1.16 bits per heavy atom. The quantitative estimate of drug-likeness (QED) is 0.331. The molecule has 1 aromatic heterocycles. The van der Waals surface area contributed by atoms with Gasteiger partial charge in [-0.3, -0.25) is 4.90 Å². The summed E-state index contributed by atoms with van der Waals surface area (Å²) in [6.07, 6.45) is -5.26. The number of carbonyl (C=O) groups is 2. The van der Waals surface area contributed by atoms with Gasteiger partial charge in [-0.25, -0.2) is 14.6 Å². The Morgan fingerprint density at radius 3 is 2.62 bits per heavy atom. The van der Waals surface area contributed by atoms with Crippen molar-refractivity contribution in [2.45, 2.75) is 32.2 Å². The van der Waals surface area contributed by atoms with Gasteiger partial charge in [-0.1, -0.05) is 41.9 Å². The SMILES string of the molecule is CCOC(=O)COc1ccc(Cl)cc1C1c2sc(C(F)(F)F)nc2CCN1C(=O)OCc1ccccc1. The van der Waals surface area contributed by atoms with Crippen LogP contribution < -0.4 is 4.74 Å². The standard InChI is InChI=1S/C25H22ClF3N2O5S/c1-2-34-20(32)14-35-19-9-8-16(26)12-17(19)21-22-18(30-23(37-22)25(27,28)29)10-11-31(21)24(33)36-13-15-6-4-3-5-7-15/h3-9,12,21H,2,10-11,13-14H2,1H3. The normalized spacial score (nSPS) is 15.2. The Labute approximate surface area is 219 Å². The van der Waals surface area contributed by atoms with Gasteiger partial charge in [-0.15, -0.1) is 11.3 Å². The van der Waals surface area contributed by atoms with Crippen LogP contribution in [0.1, 0.15) is 39.7 Å². The molecule has 1 aliphatic heterocycles. The molecule has 0 N–H and O–H groups in total. The first-order chi connectivity index (χ1) is 17.7. The van der Waals surface area contributed by atoms with Gasteiger partial charge in [0.25, 0.3) is 0 Å². The second-order valence-corrected chi connectivity index (χ2v) is 9.46. The molecule has 0 spiro atoms. The average Bonchev–Trinajstić information content (AvgIpc) is 3.32. The number of carbonyl (C=O) groups excluding carboxylic acids is 2. The van der Waals surface area contributed by atoms with E-state index in [1.165, 1.54) is 23.1 Å². The van der Waals surface area contributed by atoms with Crippen molar-refractivity contribution in [2.24, 2.45) is 0 Å². The maximum Gasteiger partial charge on any atom is 0.443 e. The minimum atomic E-state index is -4.65. The van der Waals surface area contributed by atoms with Crippen LogP contribution in [0.25, 0.3) is 0 Å². The highest BCUT2D eigenvalue weighted by atomic mass is 35.5. The van der Waals surface area contributed by atoms with Crippen LogP contribution >= 0.6 is 22.9 Å². The summed E-state index contributed by atoms with van der Waals surface area (Å²) < 4.78 is 56.7. The van der Waals surface area contributed by atoms with Crippen molar-refractivity contribution >= 4 is 35.0 Å². The van der Waals surface area contributed by atoms with Crippen molar-refractivity contribution in [2.75, 3.05) is 19.8 Å². The molecule has 2 aromatic carbocycles. The maximum absolute atomic E-state index is 13.5. The van der Waals surface area contributed by atoms with E-state index in [-0.39, 0.29) is 47.5 Å². The van der Waals surface area contributed by atoms with Gasteiger partial charge in [-0.05, 0) is 30.7 Å². The van der Waals surface area contributed by atoms with Gasteiger partial charge in [0, 0.05) is 23.6 Å². The zero-order chi connectivity index (χ0) is 26.6. The van der Waals surface area contributed by atoms with Crippen LogP contribution in [-0.2, 0) is 33.5 Å². The van der Waals surface area contributed by atoms with E-state index in [9.17, 15) is 22.8 Å². The van der Waals surface area contributed by atoms with Crippen LogP contribution in [0, 0.1) is 0 Å². The summed E-state index contributed by atoms with van der Waals surface area (Å²) in [6, 6.07) is 12.5. The van der Waals surface area contributed by atoms with E-state index in [0.29, 0.717) is 16.9 Å². The maximum atomic E-state index is 13.5. The number of benzene rings is 2. The molecule has 0 aliphatic carbocycles. The molecule has 1 aliphatic rings. The molecule has 0 fully saturated rings. The van der Waals surface area contributed by atoms with Crippen molar-refractivity contribution in [1.82, 2.24) is 9.88 Å². The highest BCUT2D eigenvalue weighted by molar-refractivity contribution is 7.12. The molecule has 12 heteroatoms. The topological polar surface area (TPSA) is 78.0 Å². The lowest BCUT2D eigenvalue weighted by Gasteiger charge is -2.35. The fourth-order valence-electron chi connectivity index (χ4n) is 3.89. The molecule has 1 atom stereocenters. The number of hydrogen-bond acceptors (Lipinski definition) is 7. The molecule has 4 rings (SSSR count). The number of esters is 1. The van der Waals surface area contributed by atoms with E-state index < -0.39 is 35.9 Å². The van der Waals surface area contributed by atoms with Gasteiger partial charge in [0.2, 0.25) is 0 Å². The van der Waals surface area contributed by atoms with E-state index in [0.717, 1.165) is 5.56 Å². The van der Waals surface area contributed by atoms with Crippen LogP contribution in [0.4, 0.5) is 18.0 Å². The predicted molar refractivity (Wildman–Crippen MR) is 130 cm³/mol. The Hall–Kier alpha value is -3.31. The molecule has 196 valence electrons.